The third-order valence-corrected chi connectivity index (χ3v) is 4.14. The van der Waals surface area contributed by atoms with E-state index in [4.69, 9.17) is 16.6 Å². The topological polar surface area (TPSA) is 18.8 Å². The first-order valence-corrected chi connectivity index (χ1v) is 8.00. The lowest BCUT2D eigenvalue weighted by atomic mass is 10.3. The fourth-order valence-corrected chi connectivity index (χ4v) is 2.80. The summed E-state index contributed by atoms with van der Waals surface area (Å²) in [5.74, 6) is 0.992. The van der Waals surface area contributed by atoms with E-state index in [1.165, 1.54) is 12.8 Å². The average Bonchev–Trinajstić information content (AvgIpc) is 3.09. The molecule has 0 bridgehead atoms. The molecule has 0 aromatic heterocycles. The molecule has 0 radical (unpaired) electrons. The summed E-state index contributed by atoms with van der Waals surface area (Å²) in [6, 6.07) is 18.0. The molecule has 0 aliphatic carbocycles. The van der Waals surface area contributed by atoms with Gasteiger partial charge < -0.3 is 9.80 Å². The average molecular weight is 314 g/mol. The SMILES string of the molecule is CN(C(=Nc1ccc(Cl)cc1)N1CCCC1)c1ccccc1. The first-order valence-electron chi connectivity index (χ1n) is 7.62. The molecule has 22 heavy (non-hydrogen) atoms. The number of hydrogen-bond acceptors (Lipinski definition) is 1. The summed E-state index contributed by atoms with van der Waals surface area (Å²) < 4.78 is 0. The van der Waals surface area contributed by atoms with Crippen molar-refractivity contribution < 1.29 is 0 Å². The van der Waals surface area contributed by atoms with Gasteiger partial charge >= 0.3 is 0 Å². The Balaban J connectivity index is 1.94. The summed E-state index contributed by atoms with van der Waals surface area (Å²) >= 11 is 5.96. The van der Waals surface area contributed by atoms with E-state index >= 15 is 0 Å². The summed E-state index contributed by atoms with van der Waals surface area (Å²) in [5, 5.41) is 0.734. The largest absolute Gasteiger partial charge is 0.342 e. The highest BCUT2D eigenvalue weighted by atomic mass is 35.5. The molecular formula is C18H20ClN3. The van der Waals surface area contributed by atoms with Gasteiger partial charge in [0.1, 0.15) is 0 Å². The lowest BCUT2D eigenvalue weighted by Crippen LogP contribution is -2.40. The Morgan fingerprint density at radius 2 is 1.64 bits per heavy atom. The minimum atomic E-state index is 0.734. The number of rotatable bonds is 2. The molecule has 0 spiro atoms. The van der Waals surface area contributed by atoms with Crippen LogP contribution in [0.15, 0.2) is 59.6 Å². The molecule has 3 nitrogen and oxygen atoms in total. The molecule has 0 amide bonds. The van der Waals surface area contributed by atoms with Crippen molar-refractivity contribution in [2.75, 3.05) is 25.0 Å². The van der Waals surface area contributed by atoms with Crippen molar-refractivity contribution >= 4 is 28.9 Å². The maximum absolute atomic E-state index is 5.96. The first-order chi connectivity index (χ1) is 10.7. The maximum Gasteiger partial charge on any atom is 0.206 e. The first kappa shape index (κ1) is 14.9. The second-order valence-electron chi connectivity index (χ2n) is 5.48. The summed E-state index contributed by atoms with van der Waals surface area (Å²) in [6.07, 6.45) is 2.45. The van der Waals surface area contributed by atoms with E-state index in [0.29, 0.717) is 0 Å². The molecule has 1 heterocycles. The number of likely N-dealkylation sites (tertiary alicyclic amines) is 1. The van der Waals surface area contributed by atoms with E-state index < -0.39 is 0 Å². The number of benzene rings is 2. The number of halogens is 1. The smallest absolute Gasteiger partial charge is 0.206 e. The molecule has 114 valence electrons. The number of aliphatic imine (C=N–C) groups is 1. The van der Waals surface area contributed by atoms with Gasteiger partial charge in [-0.2, -0.15) is 0 Å². The number of guanidine groups is 1. The third-order valence-electron chi connectivity index (χ3n) is 3.89. The quantitative estimate of drug-likeness (QED) is 0.598. The Morgan fingerprint density at radius 1 is 1.00 bits per heavy atom. The molecule has 3 rings (SSSR count). The lowest BCUT2D eigenvalue weighted by Gasteiger charge is -2.29. The van der Waals surface area contributed by atoms with Crippen LogP contribution in [0.5, 0.6) is 0 Å². The van der Waals surface area contributed by atoms with Crippen LogP contribution in [0.4, 0.5) is 11.4 Å². The zero-order valence-electron chi connectivity index (χ0n) is 12.7. The maximum atomic E-state index is 5.96. The van der Waals surface area contributed by atoms with Gasteiger partial charge in [0.05, 0.1) is 5.69 Å². The highest BCUT2D eigenvalue weighted by Crippen LogP contribution is 2.22. The summed E-state index contributed by atoms with van der Waals surface area (Å²) in [6.45, 7) is 2.12. The minimum absolute atomic E-state index is 0.734. The van der Waals surface area contributed by atoms with Crippen LogP contribution in [0.1, 0.15) is 12.8 Å². The number of para-hydroxylation sites is 1. The molecule has 0 N–H and O–H groups in total. The monoisotopic (exact) mass is 313 g/mol. The molecule has 2 aromatic carbocycles. The van der Waals surface area contributed by atoms with Crippen LogP contribution < -0.4 is 4.90 Å². The lowest BCUT2D eigenvalue weighted by molar-refractivity contribution is 0.510. The molecular weight excluding hydrogens is 294 g/mol. The Labute approximate surface area is 136 Å². The van der Waals surface area contributed by atoms with Gasteiger partial charge in [-0.05, 0) is 49.2 Å². The molecule has 1 fully saturated rings. The van der Waals surface area contributed by atoms with Crippen molar-refractivity contribution in [3.05, 3.63) is 59.6 Å². The van der Waals surface area contributed by atoms with Gasteiger partial charge in [0.2, 0.25) is 5.96 Å². The van der Waals surface area contributed by atoms with Crippen molar-refractivity contribution in [1.29, 1.82) is 0 Å². The summed E-state index contributed by atoms with van der Waals surface area (Å²) in [7, 11) is 2.07. The van der Waals surface area contributed by atoms with E-state index in [-0.39, 0.29) is 0 Å². The van der Waals surface area contributed by atoms with Gasteiger partial charge in [-0.3, -0.25) is 0 Å². The van der Waals surface area contributed by atoms with Gasteiger partial charge in [-0.15, -0.1) is 0 Å². The number of hydrogen-bond donors (Lipinski definition) is 0. The predicted octanol–water partition coefficient (Wildman–Crippen LogP) is 4.56. The fourth-order valence-electron chi connectivity index (χ4n) is 2.67. The molecule has 1 aliphatic heterocycles. The van der Waals surface area contributed by atoms with Gasteiger partial charge in [0.15, 0.2) is 0 Å². The van der Waals surface area contributed by atoms with E-state index in [1.807, 2.05) is 30.3 Å². The van der Waals surface area contributed by atoms with Crippen molar-refractivity contribution in [3.63, 3.8) is 0 Å². The van der Waals surface area contributed by atoms with Gasteiger partial charge in [-0.25, -0.2) is 4.99 Å². The van der Waals surface area contributed by atoms with Crippen molar-refractivity contribution in [2.45, 2.75) is 12.8 Å². The highest BCUT2D eigenvalue weighted by Gasteiger charge is 2.20. The normalized spacial score (nSPS) is 15.2. The second kappa shape index (κ2) is 6.84. The van der Waals surface area contributed by atoms with Gasteiger partial charge in [0, 0.05) is 30.8 Å². The molecule has 4 heteroatoms. The van der Waals surface area contributed by atoms with Crippen LogP contribution in [0.2, 0.25) is 5.02 Å². The zero-order chi connectivity index (χ0) is 15.4. The molecule has 1 saturated heterocycles. The number of nitrogens with zero attached hydrogens (tertiary/aromatic N) is 3. The summed E-state index contributed by atoms with van der Waals surface area (Å²) in [5.41, 5.74) is 2.07. The van der Waals surface area contributed by atoms with Crippen LogP contribution in [0, 0.1) is 0 Å². The molecule has 1 aliphatic rings. The molecule has 0 unspecified atom stereocenters. The van der Waals surface area contributed by atoms with Crippen LogP contribution in [-0.2, 0) is 0 Å². The van der Waals surface area contributed by atoms with Crippen LogP contribution in [-0.4, -0.2) is 31.0 Å². The minimum Gasteiger partial charge on any atom is -0.342 e. The summed E-state index contributed by atoms with van der Waals surface area (Å²) in [4.78, 5) is 9.37. The number of anilines is 1. The highest BCUT2D eigenvalue weighted by molar-refractivity contribution is 6.30. The van der Waals surface area contributed by atoms with Gasteiger partial charge in [0.25, 0.3) is 0 Å². The van der Waals surface area contributed by atoms with Crippen molar-refractivity contribution in [2.24, 2.45) is 4.99 Å². The second-order valence-corrected chi connectivity index (χ2v) is 5.91. The van der Waals surface area contributed by atoms with E-state index in [1.54, 1.807) is 0 Å². The van der Waals surface area contributed by atoms with E-state index in [0.717, 1.165) is 35.4 Å². The zero-order valence-corrected chi connectivity index (χ0v) is 13.5. The van der Waals surface area contributed by atoms with E-state index in [2.05, 4.69) is 41.1 Å². The Kier molecular flexibility index (Phi) is 4.64. The molecule has 0 atom stereocenters. The molecule has 0 saturated carbocycles. The van der Waals surface area contributed by atoms with E-state index in [9.17, 15) is 0 Å². The Morgan fingerprint density at radius 3 is 2.27 bits per heavy atom. The predicted molar refractivity (Wildman–Crippen MR) is 94.2 cm³/mol. The van der Waals surface area contributed by atoms with Crippen LogP contribution in [0.25, 0.3) is 0 Å². The van der Waals surface area contributed by atoms with Gasteiger partial charge in [-0.1, -0.05) is 29.8 Å². The van der Waals surface area contributed by atoms with Crippen LogP contribution in [0.3, 0.4) is 0 Å². The van der Waals surface area contributed by atoms with Crippen molar-refractivity contribution in [3.8, 4) is 0 Å². The Bertz CT molecular complexity index is 631. The Hall–Kier alpha value is -2.00. The third kappa shape index (κ3) is 3.42. The molecule has 2 aromatic rings. The standard InChI is InChI=1S/C18H20ClN3/c1-21(17-7-3-2-4-8-17)18(22-13-5-6-14-22)20-16-11-9-15(19)10-12-16/h2-4,7-12H,5-6,13-14H2,1H3. The van der Waals surface area contributed by atoms with Crippen molar-refractivity contribution in [1.82, 2.24) is 4.90 Å². The van der Waals surface area contributed by atoms with Crippen LogP contribution >= 0.6 is 11.6 Å². The fraction of sp³-hybridized carbons (Fsp3) is 0.278.